The van der Waals surface area contributed by atoms with E-state index in [9.17, 15) is 16.8 Å². The predicted molar refractivity (Wildman–Crippen MR) is 224 cm³/mol. The van der Waals surface area contributed by atoms with Crippen LogP contribution in [0.5, 0.6) is 0 Å². The number of aryl methyl sites for hydroxylation is 2. The van der Waals surface area contributed by atoms with Gasteiger partial charge in [-0.25, -0.2) is 16.8 Å². The van der Waals surface area contributed by atoms with E-state index in [-0.39, 0.29) is 11.2 Å². The third kappa shape index (κ3) is 6.96. The van der Waals surface area contributed by atoms with Crippen LogP contribution in [0.3, 0.4) is 0 Å². The van der Waals surface area contributed by atoms with Gasteiger partial charge >= 0.3 is 0 Å². The first-order valence-corrected chi connectivity index (χ1v) is 25.5. The first-order chi connectivity index (χ1) is 29.0. The minimum atomic E-state index is -3.63. The van der Waals surface area contributed by atoms with Gasteiger partial charge in [0.1, 0.15) is 0 Å². The highest BCUT2D eigenvalue weighted by Crippen LogP contribution is 2.94. The molecule has 5 aliphatic carbocycles. The molecule has 13 nitrogen and oxygen atoms in total. The summed E-state index contributed by atoms with van der Waals surface area (Å²) < 4.78 is 88.8. The molecule has 2 aromatic rings. The number of nitrogens with zero attached hydrogens (tertiary/aromatic N) is 4. The van der Waals surface area contributed by atoms with Gasteiger partial charge in [0.15, 0.2) is 0 Å². The summed E-state index contributed by atoms with van der Waals surface area (Å²) in [6.07, 6.45) is 3.54. The van der Waals surface area contributed by atoms with Crippen molar-refractivity contribution < 1.29 is 40.5 Å². The van der Waals surface area contributed by atoms with E-state index in [1.807, 2.05) is 38.1 Å². The average Bonchev–Trinajstić information content (AvgIpc) is 3.91. The number of ether oxygens (including phenoxy) is 5. The van der Waals surface area contributed by atoms with E-state index in [2.05, 4.69) is 9.80 Å². The van der Waals surface area contributed by atoms with Gasteiger partial charge in [-0.05, 0) is 105 Å². The Morgan fingerprint density at radius 1 is 0.500 bits per heavy atom. The average molecular weight is 869 g/mol. The SMILES string of the molecule is Cc1ccc(S(=O)(=O)N2CCOCCN(CCC34OC5(CCN6CCOCCN(S(=O)(=O)c7ccc(C)cc7)CCOCC6)C6C7CC(C8C7C5C83)C64)CCOCC2)cc1. The van der Waals surface area contributed by atoms with E-state index < -0.39 is 20.0 Å². The van der Waals surface area contributed by atoms with E-state index >= 15 is 0 Å². The Bertz CT molecular complexity index is 1900. The molecule has 0 N–H and O–H groups in total. The number of hydrogen-bond donors (Lipinski definition) is 0. The number of sulfonamides is 2. The summed E-state index contributed by atoms with van der Waals surface area (Å²) in [5.41, 5.74) is 2.03. The van der Waals surface area contributed by atoms with Gasteiger partial charge in [0, 0.05) is 65.4 Å². The molecule has 0 aromatic heterocycles. The molecule has 5 saturated carbocycles. The van der Waals surface area contributed by atoms with Crippen LogP contribution in [-0.2, 0) is 43.7 Å². The lowest BCUT2D eigenvalue weighted by molar-refractivity contribution is -0.0870. The largest absolute Gasteiger partial charge is 0.379 e. The van der Waals surface area contributed by atoms with Crippen LogP contribution in [-0.4, -0.2) is 165 Å². The summed E-state index contributed by atoms with van der Waals surface area (Å²) in [7, 11) is -7.26. The maximum Gasteiger partial charge on any atom is 0.243 e. The standard InChI is InChI=1S/C45H64N4O9S2/c1-32-3-7-34(8-4-32)59(50,51)48-19-27-54-23-15-46(16-24-55-28-20-48)13-11-44-40-36-31-37-39-38(36)42(44)43(39)45(58-44,41(37)40)12-14-47-17-25-56-29-21-49(22-30-57-26-18-47)60(52,53)35-9-5-33(2)6-10-35/h3-10,36-43H,11-31H2,1-2H3. The van der Waals surface area contributed by atoms with Crippen molar-refractivity contribution in [3.63, 3.8) is 0 Å². The van der Waals surface area contributed by atoms with Gasteiger partial charge in [0.25, 0.3) is 0 Å². The normalized spacial score (nSPS) is 38.1. The first-order valence-electron chi connectivity index (χ1n) is 22.6. The Balaban J connectivity index is 0.736. The van der Waals surface area contributed by atoms with Crippen molar-refractivity contribution in [2.45, 2.75) is 54.1 Å². The van der Waals surface area contributed by atoms with Crippen LogP contribution in [0.1, 0.15) is 30.4 Å². The Morgan fingerprint density at radius 2 is 0.833 bits per heavy atom. The van der Waals surface area contributed by atoms with Crippen LogP contribution in [0.25, 0.3) is 0 Å². The molecule has 60 heavy (non-hydrogen) atoms. The minimum absolute atomic E-state index is 0.0124. The smallest absolute Gasteiger partial charge is 0.243 e. The second-order valence-corrected chi connectivity index (χ2v) is 22.8. The summed E-state index contributed by atoms with van der Waals surface area (Å²) in [6, 6.07) is 14.1. The van der Waals surface area contributed by atoms with Crippen molar-refractivity contribution in [2.75, 3.05) is 118 Å². The molecular weight excluding hydrogens is 805 g/mol. The molecule has 4 heterocycles. The Kier molecular flexibility index (Phi) is 11.5. The van der Waals surface area contributed by atoms with E-state index in [1.54, 1.807) is 24.3 Å². The minimum Gasteiger partial charge on any atom is -0.379 e. The molecule has 11 rings (SSSR count). The molecule has 15 heteroatoms. The van der Waals surface area contributed by atoms with Crippen molar-refractivity contribution in [3.8, 4) is 0 Å². The van der Waals surface area contributed by atoms with Gasteiger partial charge < -0.3 is 23.7 Å². The fourth-order valence-electron chi connectivity index (χ4n) is 13.9. The maximum atomic E-state index is 13.4. The highest BCUT2D eigenvalue weighted by atomic mass is 32.2. The monoisotopic (exact) mass is 868 g/mol. The Labute approximate surface area is 357 Å². The highest BCUT2D eigenvalue weighted by molar-refractivity contribution is 7.89. The molecule has 9 fully saturated rings. The molecule has 10 unspecified atom stereocenters. The third-order valence-electron chi connectivity index (χ3n) is 16.2. The molecule has 10 atom stereocenters. The third-order valence-corrected chi connectivity index (χ3v) is 20.1. The van der Waals surface area contributed by atoms with Gasteiger partial charge in [-0.1, -0.05) is 35.4 Å². The quantitative estimate of drug-likeness (QED) is 0.349. The zero-order valence-corrected chi connectivity index (χ0v) is 37.0. The van der Waals surface area contributed by atoms with E-state index in [0.29, 0.717) is 112 Å². The number of rotatable bonds is 10. The predicted octanol–water partition coefficient (Wildman–Crippen LogP) is 3.36. The van der Waals surface area contributed by atoms with Crippen molar-refractivity contribution in [1.82, 2.24) is 18.4 Å². The van der Waals surface area contributed by atoms with Crippen LogP contribution >= 0.6 is 0 Å². The van der Waals surface area contributed by atoms with Gasteiger partial charge in [0.2, 0.25) is 20.0 Å². The van der Waals surface area contributed by atoms with Crippen LogP contribution < -0.4 is 0 Å². The van der Waals surface area contributed by atoms with Gasteiger partial charge in [-0.15, -0.1) is 0 Å². The zero-order chi connectivity index (χ0) is 41.3. The van der Waals surface area contributed by atoms with Crippen LogP contribution in [0.15, 0.2) is 58.3 Å². The first kappa shape index (κ1) is 42.0. The summed E-state index contributed by atoms with van der Waals surface area (Å²) in [4.78, 5) is 5.60. The zero-order valence-electron chi connectivity index (χ0n) is 35.4. The molecule has 4 saturated heterocycles. The molecule has 0 amide bonds. The molecule has 0 spiro atoms. The Hall–Kier alpha value is -2.02. The molecule has 4 aliphatic heterocycles. The van der Waals surface area contributed by atoms with Crippen molar-refractivity contribution in [2.24, 2.45) is 47.3 Å². The van der Waals surface area contributed by atoms with Crippen molar-refractivity contribution in [1.29, 1.82) is 0 Å². The van der Waals surface area contributed by atoms with Gasteiger partial charge in [-0.3, -0.25) is 9.80 Å². The van der Waals surface area contributed by atoms with E-state index in [1.165, 1.54) is 15.0 Å². The van der Waals surface area contributed by atoms with Crippen LogP contribution in [0, 0.1) is 61.2 Å². The second-order valence-electron chi connectivity index (χ2n) is 18.9. The van der Waals surface area contributed by atoms with E-state index in [0.717, 1.165) is 86.9 Å². The molecule has 4 bridgehead atoms. The summed E-state index contributed by atoms with van der Waals surface area (Å²) in [5, 5.41) is 0. The topological polar surface area (TPSA) is 127 Å². The molecule has 2 aromatic carbocycles. The molecule has 330 valence electrons. The summed E-state index contributed by atoms with van der Waals surface area (Å²) in [5.74, 6) is 6.16. The van der Waals surface area contributed by atoms with Crippen LogP contribution in [0.2, 0.25) is 0 Å². The fourth-order valence-corrected chi connectivity index (χ4v) is 16.7. The molecule has 0 radical (unpaired) electrons. The summed E-state index contributed by atoms with van der Waals surface area (Å²) in [6.45, 7) is 13.8. The Morgan fingerprint density at radius 3 is 1.18 bits per heavy atom. The summed E-state index contributed by atoms with van der Waals surface area (Å²) >= 11 is 0. The van der Waals surface area contributed by atoms with Crippen molar-refractivity contribution in [3.05, 3.63) is 59.7 Å². The van der Waals surface area contributed by atoms with Crippen molar-refractivity contribution >= 4 is 20.0 Å². The maximum absolute atomic E-state index is 13.4. The second kappa shape index (κ2) is 16.5. The fraction of sp³-hybridized carbons (Fsp3) is 0.733. The lowest BCUT2D eigenvalue weighted by atomic mass is 9.54. The molecule has 9 aliphatic rings. The number of hydrogen-bond acceptors (Lipinski definition) is 11. The van der Waals surface area contributed by atoms with E-state index in [4.69, 9.17) is 23.7 Å². The highest BCUT2D eigenvalue weighted by Gasteiger charge is 2.96. The lowest BCUT2D eigenvalue weighted by Crippen LogP contribution is -2.53. The lowest BCUT2D eigenvalue weighted by Gasteiger charge is -2.48. The van der Waals surface area contributed by atoms with Crippen LogP contribution in [0.4, 0.5) is 0 Å². The van der Waals surface area contributed by atoms with Gasteiger partial charge in [-0.2, -0.15) is 8.61 Å². The molecular formula is C45H64N4O9S2. The number of benzene rings is 2. The van der Waals surface area contributed by atoms with Gasteiger partial charge in [0.05, 0.1) is 73.8 Å².